The average molecular weight is 210 g/mol. The van der Waals surface area contributed by atoms with Crippen LogP contribution in [-0.4, -0.2) is 32.8 Å². The molecule has 0 aliphatic rings. The maximum Gasteiger partial charge on any atom is 0.244 e. The van der Waals surface area contributed by atoms with Gasteiger partial charge < -0.3 is 9.72 Å². The van der Waals surface area contributed by atoms with E-state index in [1.807, 2.05) is 13.2 Å². The molecule has 5 nitrogen and oxygen atoms in total. The van der Waals surface area contributed by atoms with E-state index in [0.717, 1.165) is 5.52 Å². The number of nitrogens with zero attached hydrogens (tertiary/aromatic N) is 3. The van der Waals surface area contributed by atoms with Crippen molar-refractivity contribution in [1.29, 1.82) is 0 Å². The van der Waals surface area contributed by atoms with Gasteiger partial charge in [0.2, 0.25) is 5.88 Å². The third kappa shape index (κ3) is 1.52. The molecule has 74 valence electrons. The molecule has 0 unspecified atom stereocenters. The third-order valence-corrected chi connectivity index (χ3v) is 2.24. The average Bonchev–Trinajstić information content (AvgIpc) is 2.66. The van der Waals surface area contributed by atoms with Crippen LogP contribution in [0.15, 0.2) is 11.5 Å². The highest BCUT2D eigenvalue weighted by Crippen LogP contribution is 2.22. The number of rotatable bonds is 3. The Morgan fingerprint density at radius 1 is 1.50 bits per heavy atom. The first-order valence-electron chi connectivity index (χ1n) is 4.23. The van der Waals surface area contributed by atoms with Crippen molar-refractivity contribution in [2.24, 2.45) is 0 Å². The Labute approximate surface area is 85.3 Å². The summed E-state index contributed by atoms with van der Waals surface area (Å²) in [6.45, 7) is 2.50. The first-order valence-corrected chi connectivity index (χ1v) is 5.45. The monoisotopic (exact) mass is 210 g/mol. The predicted molar refractivity (Wildman–Crippen MR) is 54.6 cm³/mol. The number of hydrogen-bond acceptors (Lipinski definition) is 5. The topological polar surface area (TPSA) is 63.7 Å². The van der Waals surface area contributed by atoms with E-state index in [1.165, 1.54) is 11.8 Å². The van der Waals surface area contributed by atoms with Crippen molar-refractivity contribution < 1.29 is 4.74 Å². The highest BCUT2D eigenvalue weighted by atomic mass is 32.2. The van der Waals surface area contributed by atoms with E-state index in [4.69, 9.17) is 4.74 Å². The van der Waals surface area contributed by atoms with E-state index in [0.29, 0.717) is 23.3 Å². The quantitative estimate of drug-likeness (QED) is 0.614. The van der Waals surface area contributed by atoms with Crippen LogP contribution >= 0.6 is 11.8 Å². The lowest BCUT2D eigenvalue weighted by molar-refractivity contribution is 0.327. The molecule has 2 aromatic rings. The van der Waals surface area contributed by atoms with Crippen LogP contribution in [0.2, 0.25) is 0 Å². The minimum Gasteiger partial charge on any atom is -0.476 e. The number of ether oxygens (including phenoxy) is 1. The van der Waals surface area contributed by atoms with E-state index < -0.39 is 0 Å². The molecular weight excluding hydrogens is 200 g/mol. The smallest absolute Gasteiger partial charge is 0.244 e. The molecule has 2 rings (SSSR count). The Hall–Kier alpha value is -1.30. The van der Waals surface area contributed by atoms with Crippen molar-refractivity contribution in [3.05, 3.63) is 6.33 Å². The number of H-pyrrole nitrogens is 1. The van der Waals surface area contributed by atoms with E-state index >= 15 is 0 Å². The summed E-state index contributed by atoms with van der Waals surface area (Å²) in [6.07, 6.45) is 3.51. The molecule has 0 saturated carbocycles. The van der Waals surface area contributed by atoms with E-state index in [1.54, 1.807) is 6.33 Å². The van der Waals surface area contributed by atoms with Gasteiger partial charge in [0.25, 0.3) is 0 Å². The van der Waals surface area contributed by atoms with Gasteiger partial charge >= 0.3 is 0 Å². The zero-order valence-electron chi connectivity index (χ0n) is 7.94. The zero-order chi connectivity index (χ0) is 9.97. The predicted octanol–water partition coefficient (Wildman–Crippen LogP) is 1.47. The molecular formula is C8H10N4OS. The maximum atomic E-state index is 5.38. The largest absolute Gasteiger partial charge is 0.476 e. The maximum absolute atomic E-state index is 5.38. The number of hydrogen-bond donors (Lipinski definition) is 1. The summed E-state index contributed by atoms with van der Waals surface area (Å²) in [4.78, 5) is 15.5. The lowest BCUT2D eigenvalue weighted by Gasteiger charge is -2.03. The number of aromatic amines is 1. The first-order chi connectivity index (χ1) is 6.85. The fourth-order valence-corrected chi connectivity index (χ4v) is 1.47. The second kappa shape index (κ2) is 3.83. The molecule has 2 aromatic heterocycles. The molecule has 14 heavy (non-hydrogen) atoms. The molecule has 1 N–H and O–H groups in total. The molecule has 0 fully saturated rings. The molecule has 0 aromatic carbocycles. The van der Waals surface area contributed by atoms with Crippen molar-refractivity contribution in [3.63, 3.8) is 0 Å². The number of nitrogens with one attached hydrogen (secondary N) is 1. The summed E-state index contributed by atoms with van der Waals surface area (Å²) in [5.41, 5.74) is 1.40. The van der Waals surface area contributed by atoms with Crippen LogP contribution in [0.4, 0.5) is 0 Å². The fraction of sp³-hybridized carbons (Fsp3) is 0.375. The molecule has 0 amide bonds. The van der Waals surface area contributed by atoms with Crippen molar-refractivity contribution >= 4 is 22.9 Å². The lowest BCUT2D eigenvalue weighted by Crippen LogP contribution is -1.98. The van der Waals surface area contributed by atoms with Gasteiger partial charge in [0.05, 0.1) is 12.9 Å². The molecule has 0 saturated heterocycles. The van der Waals surface area contributed by atoms with Crippen molar-refractivity contribution in [3.8, 4) is 5.88 Å². The van der Waals surface area contributed by atoms with Gasteiger partial charge in [-0.15, -0.1) is 0 Å². The van der Waals surface area contributed by atoms with Crippen LogP contribution in [0, 0.1) is 0 Å². The van der Waals surface area contributed by atoms with Gasteiger partial charge in [-0.3, -0.25) is 0 Å². The highest BCUT2D eigenvalue weighted by molar-refractivity contribution is 7.98. The number of thioether (sulfide) groups is 1. The molecule has 0 bridgehead atoms. The van der Waals surface area contributed by atoms with Crippen LogP contribution < -0.4 is 4.74 Å². The van der Waals surface area contributed by atoms with Gasteiger partial charge in [-0.25, -0.2) is 9.97 Å². The summed E-state index contributed by atoms with van der Waals surface area (Å²) in [5.74, 6) is 0.569. The van der Waals surface area contributed by atoms with Crippen LogP contribution in [0.1, 0.15) is 6.92 Å². The molecule has 0 spiro atoms. The SMILES string of the molecule is CCOc1nc(SC)nc2nc[nH]c12. The van der Waals surface area contributed by atoms with Crippen molar-refractivity contribution in [2.75, 3.05) is 12.9 Å². The number of imidazole rings is 1. The van der Waals surface area contributed by atoms with Gasteiger partial charge in [0, 0.05) is 0 Å². The highest BCUT2D eigenvalue weighted by Gasteiger charge is 2.09. The molecule has 2 heterocycles. The molecule has 0 aliphatic heterocycles. The van der Waals surface area contributed by atoms with E-state index in [-0.39, 0.29) is 0 Å². The Kier molecular flexibility index (Phi) is 2.53. The molecule has 0 aliphatic carbocycles. The van der Waals surface area contributed by atoms with Crippen LogP contribution in [-0.2, 0) is 0 Å². The summed E-state index contributed by atoms with van der Waals surface area (Å²) in [5, 5.41) is 0.674. The minimum atomic E-state index is 0.569. The molecule has 0 radical (unpaired) electrons. The first kappa shape index (κ1) is 9.26. The van der Waals surface area contributed by atoms with Crippen molar-refractivity contribution in [1.82, 2.24) is 19.9 Å². The van der Waals surface area contributed by atoms with E-state index in [9.17, 15) is 0 Å². The second-order valence-corrected chi connectivity index (χ2v) is 3.32. The van der Waals surface area contributed by atoms with Crippen molar-refractivity contribution in [2.45, 2.75) is 12.1 Å². The number of aromatic nitrogens is 4. The zero-order valence-corrected chi connectivity index (χ0v) is 8.76. The van der Waals surface area contributed by atoms with Gasteiger partial charge in [0.15, 0.2) is 10.8 Å². The van der Waals surface area contributed by atoms with Crippen LogP contribution in [0.5, 0.6) is 5.88 Å². The standard InChI is InChI=1S/C8H10N4OS/c1-3-13-7-5-6(10-4-9-5)11-8(12-7)14-2/h4H,3H2,1-2H3,(H,9,10,11,12). The Morgan fingerprint density at radius 2 is 2.36 bits per heavy atom. The lowest BCUT2D eigenvalue weighted by atomic mass is 10.5. The van der Waals surface area contributed by atoms with Gasteiger partial charge in [-0.1, -0.05) is 11.8 Å². The van der Waals surface area contributed by atoms with Gasteiger partial charge in [-0.2, -0.15) is 4.98 Å². The normalized spacial score (nSPS) is 10.7. The molecule has 0 atom stereocenters. The van der Waals surface area contributed by atoms with Crippen LogP contribution in [0.3, 0.4) is 0 Å². The Morgan fingerprint density at radius 3 is 3.07 bits per heavy atom. The Bertz CT molecular complexity index is 442. The van der Waals surface area contributed by atoms with Gasteiger partial charge in [0.1, 0.15) is 5.52 Å². The van der Waals surface area contributed by atoms with Crippen LogP contribution in [0.25, 0.3) is 11.2 Å². The summed E-state index contributed by atoms with van der Waals surface area (Å²) in [6, 6.07) is 0. The minimum absolute atomic E-state index is 0.569. The summed E-state index contributed by atoms with van der Waals surface area (Å²) >= 11 is 1.47. The summed E-state index contributed by atoms with van der Waals surface area (Å²) < 4.78 is 5.38. The molecule has 6 heteroatoms. The number of fused-ring (bicyclic) bond motifs is 1. The fourth-order valence-electron chi connectivity index (χ4n) is 1.12. The Balaban J connectivity index is 2.58. The third-order valence-electron chi connectivity index (χ3n) is 1.70. The summed E-state index contributed by atoms with van der Waals surface area (Å²) in [7, 11) is 0. The van der Waals surface area contributed by atoms with E-state index in [2.05, 4.69) is 19.9 Å². The van der Waals surface area contributed by atoms with Gasteiger partial charge in [-0.05, 0) is 13.2 Å². The second-order valence-electron chi connectivity index (χ2n) is 2.55.